The highest BCUT2D eigenvalue weighted by molar-refractivity contribution is 5.69. The van der Waals surface area contributed by atoms with Crippen molar-refractivity contribution < 1.29 is 24.5 Å². The molecule has 0 aliphatic rings. The van der Waals surface area contributed by atoms with Crippen molar-refractivity contribution in [3.05, 3.63) is 0 Å². The van der Waals surface area contributed by atoms with Crippen molar-refractivity contribution in [2.75, 3.05) is 13.2 Å². The Kier molecular flexibility index (Phi) is 6.91. The summed E-state index contributed by atoms with van der Waals surface area (Å²) < 4.78 is 4.56. The number of aliphatic hydroxyl groups excluding tert-OH is 1. The van der Waals surface area contributed by atoms with E-state index in [9.17, 15) is 9.59 Å². The summed E-state index contributed by atoms with van der Waals surface area (Å²) >= 11 is 0. The summed E-state index contributed by atoms with van der Waals surface area (Å²) in [6.45, 7) is -0.168. The topological polar surface area (TPSA) is 83.8 Å². The van der Waals surface area contributed by atoms with Crippen molar-refractivity contribution in [1.82, 2.24) is 0 Å². The summed E-state index contributed by atoms with van der Waals surface area (Å²) in [5.74, 6) is -1.25. The lowest BCUT2D eigenvalue weighted by molar-refractivity contribution is -0.145. The van der Waals surface area contributed by atoms with Crippen LogP contribution >= 0.6 is 0 Å². The van der Waals surface area contributed by atoms with E-state index in [4.69, 9.17) is 10.2 Å². The lowest BCUT2D eigenvalue weighted by atomic mass is 10.2. The third kappa shape index (κ3) is 8.81. The lowest BCUT2D eigenvalue weighted by Crippen LogP contribution is -2.08. The molecule has 0 spiro atoms. The van der Waals surface area contributed by atoms with Crippen LogP contribution in [0.2, 0.25) is 0 Å². The molecule has 0 rings (SSSR count). The minimum atomic E-state index is -0.858. The summed E-state index contributed by atoms with van der Waals surface area (Å²) in [5, 5.41) is 16.6. The first kappa shape index (κ1) is 11.9. The number of hydrogen-bond acceptors (Lipinski definition) is 4. The standard InChI is InChI=1S/C8H14O5/c9-5-6-13-8(12)4-2-1-3-7(10)11/h9H,1-6H2,(H,10,11). The zero-order chi connectivity index (χ0) is 10.1. The van der Waals surface area contributed by atoms with E-state index >= 15 is 0 Å². The number of rotatable bonds is 7. The molecular formula is C8H14O5. The maximum absolute atomic E-state index is 10.8. The fourth-order valence-corrected chi connectivity index (χ4v) is 0.777. The predicted molar refractivity (Wildman–Crippen MR) is 44.1 cm³/mol. The molecule has 0 heterocycles. The minimum absolute atomic E-state index is 0.0117. The summed E-state index contributed by atoms with van der Waals surface area (Å²) in [6.07, 6.45) is 1.28. The number of carbonyl (C=O) groups excluding carboxylic acids is 1. The Balaban J connectivity index is 3.22. The number of carboxylic acid groups (broad SMARTS) is 1. The van der Waals surface area contributed by atoms with Gasteiger partial charge in [0, 0.05) is 12.8 Å². The largest absolute Gasteiger partial charge is 0.481 e. The summed E-state index contributed by atoms with van der Waals surface area (Å²) in [7, 11) is 0. The fraction of sp³-hybridized carbons (Fsp3) is 0.750. The Morgan fingerprint density at radius 2 is 1.77 bits per heavy atom. The fourth-order valence-electron chi connectivity index (χ4n) is 0.777. The molecule has 0 bridgehead atoms. The molecular weight excluding hydrogens is 176 g/mol. The van der Waals surface area contributed by atoms with Gasteiger partial charge in [0.2, 0.25) is 0 Å². The Labute approximate surface area is 76.3 Å². The Hall–Kier alpha value is -1.10. The van der Waals surface area contributed by atoms with Crippen molar-refractivity contribution in [3.63, 3.8) is 0 Å². The molecule has 5 heteroatoms. The van der Waals surface area contributed by atoms with Gasteiger partial charge in [0.25, 0.3) is 0 Å². The molecule has 0 aliphatic heterocycles. The Morgan fingerprint density at radius 1 is 1.15 bits per heavy atom. The summed E-state index contributed by atoms with van der Waals surface area (Å²) in [6, 6.07) is 0. The second-order valence-corrected chi connectivity index (χ2v) is 2.54. The van der Waals surface area contributed by atoms with Crippen LogP contribution < -0.4 is 0 Å². The van der Waals surface area contributed by atoms with Crippen LogP contribution in [0.4, 0.5) is 0 Å². The maximum atomic E-state index is 10.8. The summed E-state index contributed by atoms with van der Waals surface area (Å²) in [5.41, 5.74) is 0. The highest BCUT2D eigenvalue weighted by atomic mass is 16.5. The maximum Gasteiger partial charge on any atom is 0.305 e. The van der Waals surface area contributed by atoms with Crippen LogP contribution in [-0.2, 0) is 14.3 Å². The van der Waals surface area contributed by atoms with Gasteiger partial charge in [-0.2, -0.15) is 0 Å². The molecule has 0 aromatic rings. The smallest absolute Gasteiger partial charge is 0.305 e. The molecule has 0 radical (unpaired) electrons. The normalized spacial score (nSPS) is 9.62. The zero-order valence-electron chi connectivity index (χ0n) is 7.36. The molecule has 0 aromatic carbocycles. The number of esters is 1. The molecule has 0 unspecified atom stereocenters. The second kappa shape index (κ2) is 7.54. The SMILES string of the molecule is O=C(O)CCCCC(=O)OCCO. The molecule has 0 saturated heterocycles. The number of unbranched alkanes of at least 4 members (excludes halogenated alkanes) is 1. The van der Waals surface area contributed by atoms with Crippen LogP contribution in [0, 0.1) is 0 Å². The molecule has 13 heavy (non-hydrogen) atoms. The Bertz CT molecular complexity index is 166. The average Bonchev–Trinajstić information content (AvgIpc) is 2.08. The molecule has 0 fully saturated rings. The van der Waals surface area contributed by atoms with Crippen LogP contribution in [0.25, 0.3) is 0 Å². The van der Waals surface area contributed by atoms with Crippen molar-refractivity contribution in [2.45, 2.75) is 25.7 Å². The van der Waals surface area contributed by atoms with Crippen molar-refractivity contribution in [2.24, 2.45) is 0 Å². The quantitative estimate of drug-likeness (QED) is 0.441. The van der Waals surface area contributed by atoms with Gasteiger partial charge in [-0.05, 0) is 12.8 Å². The molecule has 76 valence electrons. The van der Waals surface area contributed by atoms with Gasteiger partial charge in [0.15, 0.2) is 0 Å². The van der Waals surface area contributed by atoms with Crippen LogP contribution in [0.5, 0.6) is 0 Å². The molecule has 0 aromatic heterocycles. The van der Waals surface area contributed by atoms with Gasteiger partial charge in [0.1, 0.15) is 6.61 Å². The first-order valence-electron chi connectivity index (χ1n) is 4.15. The van der Waals surface area contributed by atoms with E-state index in [1.807, 2.05) is 0 Å². The van der Waals surface area contributed by atoms with E-state index in [0.29, 0.717) is 12.8 Å². The van der Waals surface area contributed by atoms with E-state index in [0.717, 1.165) is 0 Å². The molecule has 5 nitrogen and oxygen atoms in total. The molecule has 0 amide bonds. The Morgan fingerprint density at radius 3 is 2.31 bits per heavy atom. The molecule has 2 N–H and O–H groups in total. The van der Waals surface area contributed by atoms with Gasteiger partial charge in [-0.3, -0.25) is 9.59 Å². The van der Waals surface area contributed by atoms with Crippen molar-refractivity contribution in [3.8, 4) is 0 Å². The zero-order valence-corrected chi connectivity index (χ0v) is 7.36. The van der Waals surface area contributed by atoms with E-state index < -0.39 is 5.97 Å². The molecule has 0 aliphatic carbocycles. The van der Waals surface area contributed by atoms with Gasteiger partial charge < -0.3 is 14.9 Å². The number of hydrogen-bond donors (Lipinski definition) is 2. The number of aliphatic hydroxyl groups is 1. The minimum Gasteiger partial charge on any atom is -0.481 e. The number of carbonyl (C=O) groups is 2. The van der Waals surface area contributed by atoms with E-state index in [1.165, 1.54) is 0 Å². The van der Waals surface area contributed by atoms with Crippen LogP contribution in [0.3, 0.4) is 0 Å². The monoisotopic (exact) mass is 190 g/mol. The average molecular weight is 190 g/mol. The van der Waals surface area contributed by atoms with Crippen molar-refractivity contribution in [1.29, 1.82) is 0 Å². The third-order valence-corrected chi connectivity index (χ3v) is 1.38. The molecule has 0 saturated carbocycles. The second-order valence-electron chi connectivity index (χ2n) is 2.54. The van der Waals surface area contributed by atoms with Crippen LogP contribution in [-0.4, -0.2) is 35.4 Å². The first-order valence-corrected chi connectivity index (χ1v) is 4.15. The van der Waals surface area contributed by atoms with Crippen LogP contribution in [0.1, 0.15) is 25.7 Å². The lowest BCUT2D eigenvalue weighted by Gasteiger charge is -2.01. The highest BCUT2D eigenvalue weighted by Crippen LogP contribution is 2.00. The number of aliphatic carboxylic acids is 1. The van der Waals surface area contributed by atoms with E-state index in [1.54, 1.807) is 0 Å². The number of ether oxygens (including phenoxy) is 1. The number of carboxylic acids is 1. The highest BCUT2D eigenvalue weighted by Gasteiger charge is 2.03. The third-order valence-electron chi connectivity index (χ3n) is 1.38. The van der Waals surface area contributed by atoms with Crippen molar-refractivity contribution >= 4 is 11.9 Å². The van der Waals surface area contributed by atoms with Gasteiger partial charge >= 0.3 is 11.9 Å². The molecule has 0 atom stereocenters. The van der Waals surface area contributed by atoms with Crippen LogP contribution in [0.15, 0.2) is 0 Å². The van der Waals surface area contributed by atoms with Gasteiger partial charge in [-0.15, -0.1) is 0 Å². The van der Waals surface area contributed by atoms with E-state index in [2.05, 4.69) is 4.74 Å². The van der Waals surface area contributed by atoms with Gasteiger partial charge in [-0.1, -0.05) is 0 Å². The summed E-state index contributed by atoms with van der Waals surface area (Å²) in [4.78, 5) is 20.8. The first-order chi connectivity index (χ1) is 6.16. The van der Waals surface area contributed by atoms with E-state index in [-0.39, 0.29) is 32.0 Å². The van der Waals surface area contributed by atoms with Gasteiger partial charge in [-0.25, -0.2) is 0 Å². The predicted octanol–water partition coefficient (Wildman–Crippen LogP) is 0.167. The van der Waals surface area contributed by atoms with Gasteiger partial charge in [0.05, 0.1) is 6.61 Å².